The number of carbonyl (C=O) groups is 1. The lowest BCUT2D eigenvalue weighted by atomic mass is 10.2. The van der Waals surface area contributed by atoms with Gasteiger partial charge in [0.25, 0.3) is 5.91 Å². The van der Waals surface area contributed by atoms with Crippen LogP contribution < -0.4 is 5.32 Å². The molecule has 0 aliphatic rings. The van der Waals surface area contributed by atoms with Gasteiger partial charge in [0.15, 0.2) is 0 Å². The van der Waals surface area contributed by atoms with Crippen molar-refractivity contribution in [1.29, 1.82) is 0 Å². The van der Waals surface area contributed by atoms with E-state index in [1.54, 1.807) is 0 Å². The molecule has 1 amide bonds. The number of amides is 1. The van der Waals surface area contributed by atoms with Crippen LogP contribution in [-0.2, 0) is 0 Å². The van der Waals surface area contributed by atoms with Gasteiger partial charge in [-0.1, -0.05) is 11.6 Å². The van der Waals surface area contributed by atoms with Crippen molar-refractivity contribution in [1.82, 2.24) is 9.97 Å². The Morgan fingerprint density at radius 1 is 1.33 bits per heavy atom. The third-order valence-electron chi connectivity index (χ3n) is 2.07. The molecule has 2 rings (SSSR count). The van der Waals surface area contributed by atoms with Crippen molar-refractivity contribution >= 4 is 23.3 Å². The van der Waals surface area contributed by atoms with Gasteiger partial charge in [0.2, 0.25) is 0 Å². The number of nitrogens with zero attached hydrogens (tertiary/aromatic N) is 2. The molecule has 0 radical (unpaired) electrons. The van der Waals surface area contributed by atoms with Crippen molar-refractivity contribution < 1.29 is 14.3 Å². The number of aromatic nitrogens is 2. The summed E-state index contributed by atoms with van der Waals surface area (Å²) in [6.07, 6.45) is 1.17. The van der Waals surface area contributed by atoms with Crippen LogP contribution in [0.15, 0.2) is 30.6 Å². The Bertz CT molecular complexity index is 607. The molecule has 1 aromatic heterocycles. The van der Waals surface area contributed by atoms with E-state index < -0.39 is 11.7 Å². The first-order valence-corrected chi connectivity index (χ1v) is 5.21. The van der Waals surface area contributed by atoms with Crippen molar-refractivity contribution in [3.63, 3.8) is 0 Å². The normalized spacial score (nSPS) is 10.1. The first-order chi connectivity index (χ1) is 8.56. The number of phenols is 1. The summed E-state index contributed by atoms with van der Waals surface area (Å²) < 4.78 is 13.4. The van der Waals surface area contributed by atoms with Crippen LogP contribution in [0.1, 0.15) is 10.4 Å². The molecular formula is C11H7ClFN3O2. The predicted octanol–water partition coefficient (Wildman–Crippen LogP) is 2.23. The Hall–Kier alpha value is -2.21. The number of benzene rings is 1. The molecule has 5 nitrogen and oxygen atoms in total. The SMILES string of the molecule is O=C(Nc1cc(Cl)ncn1)c1ccc(O)cc1F. The summed E-state index contributed by atoms with van der Waals surface area (Å²) in [5.41, 5.74) is -0.206. The average molecular weight is 268 g/mol. The molecule has 2 aromatic rings. The molecule has 0 unspecified atom stereocenters. The van der Waals surface area contributed by atoms with E-state index in [0.29, 0.717) is 0 Å². The maximum Gasteiger partial charge on any atom is 0.259 e. The molecular weight excluding hydrogens is 261 g/mol. The fourth-order valence-electron chi connectivity index (χ4n) is 1.27. The fraction of sp³-hybridized carbons (Fsp3) is 0. The van der Waals surface area contributed by atoms with Crippen LogP contribution in [0.4, 0.5) is 10.2 Å². The molecule has 0 saturated heterocycles. The largest absolute Gasteiger partial charge is 0.508 e. The topological polar surface area (TPSA) is 75.1 Å². The summed E-state index contributed by atoms with van der Waals surface area (Å²) in [7, 11) is 0. The first kappa shape index (κ1) is 12.3. The lowest BCUT2D eigenvalue weighted by Gasteiger charge is -2.05. The minimum atomic E-state index is -0.826. The Morgan fingerprint density at radius 2 is 2.11 bits per heavy atom. The van der Waals surface area contributed by atoms with Gasteiger partial charge in [0, 0.05) is 12.1 Å². The number of rotatable bonds is 2. The molecule has 0 atom stereocenters. The first-order valence-electron chi connectivity index (χ1n) is 4.83. The minimum Gasteiger partial charge on any atom is -0.508 e. The zero-order chi connectivity index (χ0) is 13.1. The van der Waals surface area contributed by atoms with E-state index in [9.17, 15) is 9.18 Å². The van der Waals surface area contributed by atoms with Gasteiger partial charge < -0.3 is 10.4 Å². The molecule has 1 aromatic carbocycles. The highest BCUT2D eigenvalue weighted by atomic mass is 35.5. The molecule has 1 heterocycles. The highest BCUT2D eigenvalue weighted by Gasteiger charge is 2.13. The van der Waals surface area contributed by atoms with Crippen LogP contribution in [0.25, 0.3) is 0 Å². The van der Waals surface area contributed by atoms with Crippen molar-refractivity contribution in [3.8, 4) is 5.75 Å². The number of halogens is 2. The van der Waals surface area contributed by atoms with E-state index >= 15 is 0 Å². The monoisotopic (exact) mass is 267 g/mol. The lowest BCUT2D eigenvalue weighted by molar-refractivity contribution is 0.102. The second kappa shape index (κ2) is 4.97. The maximum atomic E-state index is 13.4. The molecule has 0 aliphatic heterocycles. The molecule has 92 valence electrons. The number of phenolic OH excluding ortho intramolecular Hbond substituents is 1. The van der Waals surface area contributed by atoms with Crippen LogP contribution in [0.5, 0.6) is 5.75 Å². The molecule has 0 bridgehead atoms. The van der Waals surface area contributed by atoms with E-state index in [-0.39, 0.29) is 22.3 Å². The van der Waals surface area contributed by atoms with Gasteiger partial charge in [-0.3, -0.25) is 4.79 Å². The standard InChI is InChI=1S/C11H7ClFN3O2/c12-9-4-10(15-5-14-9)16-11(18)7-2-1-6(17)3-8(7)13/h1-5,17H,(H,14,15,16,18). The van der Waals surface area contributed by atoms with E-state index in [1.807, 2.05) is 0 Å². The molecule has 7 heteroatoms. The van der Waals surface area contributed by atoms with Gasteiger partial charge in [-0.15, -0.1) is 0 Å². The van der Waals surface area contributed by atoms with Gasteiger partial charge in [-0.25, -0.2) is 14.4 Å². The molecule has 0 aliphatic carbocycles. The number of hydrogen-bond donors (Lipinski definition) is 2. The average Bonchev–Trinajstić information content (AvgIpc) is 2.28. The molecule has 0 fully saturated rings. The van der Waals surface area contributed by atoms with E-state index in [2.05, 4.69) is 15.3 Å². The number of hydrogen-bond acceptors (Lipinski definition) is 4. The lowest BCUT2D eigenvalue weighted by Crippen LogP contribution is -2.14. The summed E-state index contributed by atoms with van der Waals surface area (Å²) in [5, 5.41) is 11.6. The zero-order valence-corrected chi connectivity index (χ0v) is 9.65. The smallest absolute Gasteiger partial charge is 0.259 e. The Balaban J connectivity index is 2.22. The van der Waals surface area contributed by atoms with Crippen molar-refractivity contribution in [2.45, 2.75) is 0 Å². The summed E-state index contributed by atoms with van der Waals surface area (Å²) in [5.74, 6) is -1.61. The van der Waals surface area contributed by atoms with E-state index in [1.165, 1.54) is 24.5 Å². The van der Waals surface area contributed by atoms with Crippen molar-refractivity contribution in [2.24, 2.45) is 0 Å². The van der Waals surface area contributed by atoms with Gasteiger partial charge in [0.1, 0.15) is 28.9 Å². The molecule has 18 heavy (non-hydrogen) atoms. The quantitative estimate of drug-likeness (QED) is 0.818. The Kier molecular flexibility index (Phi) is 3.38. The second-order valence-corrected chi connectivity index (χ2v) is 3.73. The van der Waals surface area contributed by atoms with Crippen molar-refractivity contribution in [2.75, 3.05) is 5.32 Å². The zero-order valence-electron chi connectivity index (χ0n) is 8.89. The number of nitrogens with one attached hydrogen (secondary N) is 1. The third-order valence-corrected chi connectivity index (χ3v) is 2.28. The van der Waals surface area contributed by atoms with Gasteiger partial charge in [0.05, 0.1) is 5.56 Å². The Labute approximate surface area is 106 Å². The van der Waals surface area contributed by atoms with E-state index in [0.717, 1.165) is 6.07 Å². The molecule has 0 spiro atoms. The highest BCUT2D eigenvalue weighted by molar-refractivity contribution is 6.29. The summed E-state index contributed by atoms with van der Waals surface area (Å²) in [6.45, 7) is 0. The van der Waals surface area contributed by atoms with E-state index in [4.69, 9.17) is 16.7 Å². The molecule has 2 N–H and O–H groups in total. The van der Waals surface area contributed by atoms with Crippen LogP contribution >= 0.6 is 11.6 Å². The number of anilines is 1. The van der Waals surface area contributed by atoms with Crippen LogP contribution in [0, 0.1) is 5.82 Å². The third kappa shape index (κ3) is 2.72. The number of carbonyl (C=O) groups excluding carboxylic acids is 1. The fourth-order valence-corrected chi connectivity index (χ4v) is 1.42. The summed E-state index contributed by atoms with van der Waals surface area (Å²) in [4.78, 5) is 19.1. The highest BCUT2D eigenvalue weighted by Crippen LogP contribution is 2.16. The minimum absolute atomic E-state index is 0.159. The van der Waals surface area contributed by atoms with Crippen LogP contribution in [0.3, 0.4) is 0 Å². The summed E-state index contributed by atoms with van der Waals surface area (Å²) in [6, 6.07) is 4.56. The van der Waals surface area contributed by atoms with Crippen molar-refractivity contribution in [3.05, 3.63) is 47.1 Å². The number of aromatic hydroxyl groups is 1. The maximum absolute atomic E-state index is 13.4. The predicted molar refractivity (Wildman–Crippen MR) is 63.1 cm³/mol. The van der Waals surface area contributed by atoms with Gasteiger partial charge >= 0.3 is 0 Å². The molecule has 0 saturated carbocycles. The summed E-state index contributed by atoms with van der Waals surface area (Å²) >= 11 is 5.62. The Morgan fingerprint density at radius 3 is 2.78 bits per heavy atom. The van der Waals surface area contributed by atoms with Crippen LogP contribution in [-0.4, -0.2) is 21.0 Å². The van der Waals surface area contributed by atoms with Gasteiger partial charge in [-0.2, -0.15) is 0 Å². The second-order valence-electron chi connectivity index (χ2n) is 3.34. The van der Waals surface area contributed by atoms with Crippen LogP contribution in [0.2, 0.25) is 5.15 Å². The van der Waals surface area contributed by atoms with Gasteiger partial charge in [-0.05, 0) is 12.1 Å².